The highest BCUT2D eigenvalue weighted by atomic mass is 79.9. The number of hydrogen-bond acceptors (Lipinski definition) is 3. The Morgan fingerprint density at radius 3 is 2.85 bits per heavy atom. The van der Waals surface area contributed by atoms with Crippen LogP contribution >= 0.6 is 15.9 Å². The molecule has 1 aromatic carbocycles. The Labute approximate surface area is 128 Å². The Morgan fingerprint density at radius 1 is 1.50 bits per heavy atom. The van der Waals surface area contributed by atoms with Gasteiger partial charge in [0.25, 0.3) is 0 Å². The number of hydrogen-bond donors (Lipinski definition) is 2. The number of rotatable bonds is 8. The summed E-state index contributed by atoms with van der Waals surface area (Å²) in [6.07, 6.45) is 2.47. The number of nitrogens with one attached hydrogen (secondary N) is 1. The van der Waals surface area contributed by atoms with E-state index in [9.17, 15) is 4.79 Å². The van der Waals surface area contributed by atoms with Gasteiger partial charge in [-0.25, -0.2) is 0 Å². The third-order valence-electron chi connectivity index (χ3n) is 3.20. The number of halogens is 1. The quantitative estimate of drug-likeness (QED) is 0.762. The Bertz CT molecular complexity index is 437. The SMILES string of the molecule is CCC(CCO)NC(=O)CCc1cc(Br)ccc1OC. The van der Waals surface area contributed by atoms with Crippen LogP contribution in [0.1, 0.15) is 31.7 Å². The minimum atomic E-state index is 0.00679. The Kier molecular flexibility index (Phi) is 7.62. The van der Waals surface area contributed by atoms with Crippen molar-refractivity contribution in [2.24, 2.45) is 0 Å². The fraction of sp³-hybridized carbons (Fsp3) is 0.533. The van der Waals surface area contributed by atoms with Gasteiger partial charge in [-0.15, -0.1) is 0 Å². The number of benzene rings is 1. The molecule has 4 nitrogen and oxygen atoms in total. The second kappa shape index (κ2) is 8.97. The summed E-state index contributed by atoms with van der Waals surface area (Å²) >= 11 is 3.42. The van der Waals surface area contributed by atoms with Gasteiger partial charge < -0.3 is 15.2 Å². The lowest BCUT2D eigenvalue weighted by Crippen LogP contribution is -2.35. The molecule has 5 heteroatoms. The molecular weight excluding hydrogens is 322 g/mol. The summed E-state index contributed by atoms with van der Waals surface area (Å²) in [7, 11) is 1.63. The van der Waals surface area contributed by atoms with Crippen LogP contribution < -0.4 is 10.1 Å². The first-order chi connectivity index (χ1) is 9.60. The van der Waals surface area contributed by atoms with Gasteiger partial charge in [-0.05, 0) is 43.0 Å². The van der Waals surface area contributed by atoms with Crippen molar-refractivity contribution in [3.8, 4) is 5.75 Å². The third kappa shape index (κ3) is 5.51. The maximum Gasteiger partial charge on any atom is 0.220 e. The minimum Gasteiger partial charge on any atom is -0.496 e. The number of carbonyl (C=O) groups excluding carboxylic acids is 1. The van der Waals surface area contributed by atoms with E-state index < -0.39 is 0 Å². The number of aryl methyl sites for hydroxylation is 1. The fourth-order valence-electron chi connectivity index (χ4n) is 2.02. The molecule has 0 fully saturated rings. The maximum atomic E-state index is 11.9. The predicted octanol–water partition coefficient (Wildman–Crippen LogP) is 2.67. The smallest absolute Gasteiger partial charge is 0.220 e. The topological polar surface area (TPSA) is 58.6 Å². The first-order valence-electron chi connectivity index (χ1n) is 6.83. The first kappa shape index (κ1) is 17.0. The summed E-state index contributed by atoms with van der Waals surface area (Å²) in [4.78, 5) is 11.9. The summed E-state index contributed by atoms with van der Waals surface area (Å²) in [5, 5.41) is 11.9. The van der Waals surface area contributed by atoms with Crippen molar-refractivity contribution in [1.29, 1.82) is 0 Å². The molecule has 0 heterocycles. The van der Waals surface area contributed by atoms with Gasteiger partial charge in [0, 0.05) is 23.5 Å². The normalized spacial score (nSPS) is 12.0. The number of ether oxygens (including phenoxy) is 1. The van der Waals surface area contributed by atoms with Crippen molar-refractivity contribution >= 4 is 21.8 Å². The number of amides is 1. The standard InChI is InChI=1S/C15H22BrNO3/c1-3-13(8-9-18)17-15(19)7-4-11-10-12(16)5-6-14(11)20-2/h5-6,10,13,18H,3-4,7-9H2,1-2H3,(H,17,19). The molecule has 2 N–H and O–H groups in total. The average molecular weight is 344 g/mol. The lowest BCUT2D eigenvalue weighted by molar-refractivity contribution is -0.121. The van der Waals surface area contributed by atoms with Crippen LogP contribution in [-0.4, -0.2) is 30.8 Å². The molecule has 0 bridgehead atoms. The zero-order valence-corrected chi connectivity index (χ0v) is 13.6. The minimum absolute atomic E-state index is 0.00679. The van der Waals surface area contributed by atoms with E-state index in [0.29, 0.717) is 19.3 Å². The van der Waals surface area contributed by atoms with E-state index in [2.05, 4.69) is 21.2 Å². The monoisotopic (exact) mass is 343 g/mol. The van der Waals surface area contributed by atoms with Crippen molar-refractivity contribution < 1.29 is 14.6 Å². The predicted molar refractivity (Wildman–Crippen MR) is 82.9 cm³/mol. The van der Waals surface area contributed by atoms with E-state index in [1.54, 1.807) is 7.11 Å². The van der Waals surface area contributed by atoms with Crippen molar-refractivity contribution in [2.45, 2.75) is 38.6 Å². The van der Waals surface area contributed by atoms with E-state index in [4.69, 9.17) is 9.84 Å². The molecule has 0 spiro atoms. The molecule has 1 amide bonds. The highest BCUT2D eigenvalue weighted by Crippen LogP contribution is 2.24. The fourth-order valence-corrected chi connectivity index (χ4v) is 2.43. The summed E-state index contributed by atoms with van der Waals surface area (Å²) < 4.78 is 6.26. The average Bonchev–Trinajstić information content (AvgIpc) is 2.44. The number of methoxy groups -OCH3 is 1. The molecule has 1 aromatic rings. The van der Waals surface area contributed by atoms with Gasteiger partial charge >= 0.3 is 0 Å². The van der Waals surface area contributed by atoms with Gasteiger partial charge in [-0.1, -0.05) is 22.9 Å². The molecule has 20 heavy (non-hydrogen) atoms. The van der Waals surface area contributed by atoms with Crippen LogP contribution in [0.5, 0.6) is 5.75 Å². The van der Waals surface area contributed by atoms with Crippen LogP contribution in [0.2, 0.25) is 0 Å². The van der Waals surface area contributed by atoms with Crippen LogP contribution in [-0.2, 0) is 11.2 Å². The lowest BCUT2D eigenvalue weighted by Gasteiger charge is -2.16. The van der Waals surface area contributed by atoms with E-state index in [-0.39, 0.29) is 18.6 Å². The van der Waals surface area contributed by atoms with Crippen LogP contribution in [0.25, 0.3) is 0 Å². The number of carbonyl (C=O) groups is 1. The highest BCUT2D eigenvalue weighted by Gasteiger charge is 2.11. The van der Waals surface area contributed by atoms with Gasteiger partial charge in [0.05, 0.1) is 7.11 Å². The maximum absolute atomic E-state index is 11.9. The summed E-state index contributed by atoms with van der Waals surface area (Å²) in [5.41, 5.74) is 1.01. The van der Waals surface area contributed by atoms with Gasteiger partial charge in [0.15, 0.2) is 0 Å². The molecule has 0 radical (unpaired) electrons. The molecule has 1 atom stereocenters. The molecule has 0 aliphatic carbocycles. The van der Waals surface area contributed by atoms with Crippen molar-refractivity contribution in [3.05, 3.63) is 28.2 Å². The molecule has 1 rings (SSSR count). The van der Waals surface area contributed by atoms with Gasteiger partial charge in [0.1, 0.15) is 5.75 Å². The third-order valence-corrected chi connectivity index (χ3v) is 3.69. The zero-order chi connectivity index (χ0) is 15.0. The van der Waals surface area contributed by atoms with Crippen molar-refractivity contribution in [2.75, 3.05) is 13.7 Å². The number of aliphatic hydroxyl groups is 1. The second-order valence-corrected chi connectivity index (χ2v) is 5.56. The molecule has 0 saturated heterocycles. The summed E-state index contributed by atoms with van der Waals surface area (Å²) in [6.45, 7) is 2.09. The summed E-state index contributed by atoms with van der Waals surface area (Å²) in [5.74, 6) is 0.802. The zero-order valence-electron chi connectivity index (χ0n) is 12.0. The molecule has 0 aromatic heterocycles. The first-order valence-corrected chi connectivity index (χ1v) is 7.62. The number of aliphatic hydroxyl groups excluding tert-OH is 1. The molecular formula is C15H22BrNO3. The van der Waals surface area contributed by atoms with E-state index in [1.165, 1.54) is 0 Å². The summed E-state index contributed by atoms with van der Waals surface area (Å²) in [6, 6.07) is 5.82. The van der Waals surface area contributed by atoms with Crippen LogP contribution in [0, 0.1) is 0 Å². The largest absolute Gasteiger partial charge is 0.496 e. The molecule has 0 aliphatic heterocycles. The van der Waals surface area contributed by atoms with E-state index >= 15 is 0 Å². The highest BCUT2D eigenvalue weighted by molar-refractivity contribution is 9.10. The Hall–Kier alpha value is -1.07. The van der Waals surface area contributed by atoms with Crippen molar-refractivity contribution in [3.63, 3.8) is 0 Å². The van der Waals surface area contributed by atoms with Crippen molar-refractivity contribution in [1.82, 2.24) is 5.32 Å². The second-order valence-electron chi connectivity index (χ2n) is 4.64. The Morgan fingerprint density at radius 2 is 2.25 bits per heavy atom. The van der Waals surface area contributed by atoms with Gasteiger partial charge in [-0.3, -0.25) is 4.79 Å². The van der Waals surface area contributed by atoms with E-state index in [0.717, 1.165) is 22.2 Å². The lowest BCUT2D eigenvalue weighted by atomic mass is 10.1. The van der Waals surface area contributed by atoms with Crippen LogP contribution in [0.3, 0.4) is 0 Å². The van der Waals surface area contributed by atoms with Crippen LogP contribution in [0.4, 0.5) is 0 Å². The molecule has 0 saturated carbocycles. The van der Waals surface area contributed by atoms with Gasteiger partial charge in [0.2, 0.25) is 5.91 Å². The molecule has 1 unspecified atom stereocenters. The molecule has 0 aliphatic rings. The Balaban J connectivity index is 2.54. The molecule has 112 valence electrons. The van der Waals surface area contributed by atoms with Gasteiger partial charge in [-0.2, -0.15) is 0 Å². The van der Waals surface area contributed by atoms with E-state index in [1.807, 2.05) is 25.1 Å². The van der Waals surface area contributed by atoms with Crippen LogP contribution in [0.15, 0.2) is 22.7 Å².